The van der Waals surface area contributed by atoms with Crippen molar-refractivity contribution in [1.29, 1.82) is 0 Å². The van der Waals surface area contributed by atoms with E-state index in [0.29, 0.717) is 5.92 Å². The van der Waals surface area contributed by atoms with E-state index in [4.69, 9.17) is 4.74 Å². The van der Waals surface area contributed by atoms with Gasteiger partial charge >= 0.3 is 0 Å². The summed E-state index contributed by atoms with van der Waals surface area (Å²) in [6, 6.07) is 0. The van der Waals surface area contributed by atoms with Crippen LogP contribution in [0, 0.1) is 5.92 Å². The molecule has 0 heterocycles. The summed E-state index contributed by atoms with van der Waals surface area (Å²) >= 11 is 0. The first kappa shape index (κ1) is 10.9. The molecule has 13 heavy (non-hydrogen) atoms. The van der Waals surface area contributed by atoms with Gasteiger partial charge in [0.25, 0.3) is 5.92 Å². The van der Waals surface area contributed by atoms with E-state index in [1.165, 1.54) is 7.05 Å². The molecule has 4 heteroatoms. The lowest BCUT2D eigenvalue weighted by Crippen LogP contribution is -2.36. The lowest BCUT2D eigenvalue weighted by atomic mass is 10.2. The molecular formula is C9H17F2NO. The maximum atomic E-state index is 12.9. The lowest BCUT2D eigenvalue weighted by Gasteiger charge is -2.19. The smallest absolute Gasteiger partial charge is 0.283 e. The van der Waals surface area contributed by atoms with Crippen molar-refractivity contribution < 1.29 is 13.5 Å². The highest BCUT2D eigenvalue weighted by atomic mass is 19.3. The molecule has 0 aromatic carbocycles. The van der Waals surface area contributed by atoms with Crippen molar-refractivity contribution in [2.45, 2.75) is 31.8 Å². The summed E-state index contributed by atoms with van der Waals surface area (Å²) in [6.45, 7) is 1.09. The van der Waals surface area contributed by atoms with Crippen LogP contribution in [0.1, 0.15) is 19.8 Å². The van der Waals surface area contributed by atoms with E-state index in [1.807, 2.05) is 6.92 Å². The SMILES string of the molecule is CNCC(F)(F)COC(C)C1CC1. The number of nitrogens with one attached hydrogen (secondary N) is 1. The number of hydrogen-bond acceptors (Lipinski definition) is 2. The van der Waals surface area contributed by atoms with Gasteiger partial charge in [0, 0.05) is 0 Å². The Hall–Kier alpha value is -0.220. The van der Waals surface area contributed by atoms with Crippen molar-refractivity contribution >= 4 is 0 Å². The molecule has 0 radical (unpaired) electrons. The van der Waals surface area contributed by atoms with Crippen LogP contribution in [0.15, 0.2) is 0 Å². The molecule has 0 spiro atoms. The standard InChI is InChI=1S/C9H17F2NO/c1-7(8-3-4-8)13-6-9(10,11)5-12-2/h7-8,12H,3-6H2,1-2H3. The highest BCUT2D eigenvalue weighted by molar-refractivity contribution is 4.80. The average molecular weight is 193 g/mol. The van der Waals surface area contributed by atoms with Crippen LogP contribution in [0.5, 0.6) is 0 Å². The number of halogens is 2. The minimum atomic E-state index is -2.74. The monoisotopic (exact) mass is 193 g/mol. The molecule has 1 aliphatic rings. The second-order valence-corrected chi connectivity index (χ2v) is 3.74. The molecule has 1 N–H and O–H groups in total. The van der Waals surface area contributed by atoms with Gasteiger partial charge in [-0.2, -0.15) is 0 Å². The van der Waals surface area contributed by atoms with Crippen LogP contribution in [0.3, 0.4) is 0 Å². The van der Waals surface area contributed by atoms with E-state index in [1.54, 1.807) is 0 Å². The van der Waals surface area contributed by atoms with Gasteiger partial charge in [0.05, 0.1) is 12.6 Å². The first-order valence-electron chi connectivity index (χ1n) is 4.69. The largest absolute Gasteiger partial charge is 0.372 e. The molecule has 0 aromatic rings. The highest BCUT2D eigenvalue weighted by Gasteiger charge is 2.33. The molecule has 1 rings (SSSR count). The molecule has 0 bridgehead atoms. The van der Waals surface area contributed by atoms with Gasteiger partial charge in [-0.3, -0.25) is 0 Å². The van der Waals surface area contributed by atoms with Crippen LogP contribution in [-0.2, 0) is 4.74 Å². The Bertz CT molecular complexity index is 160. The lowest BCUT2D eigenvalue weighted by molar-refractivity contribution is -0.0966. The Labute approximate surface area is 77.6 Å². The molecule has 0 aromatic heterocycles. The fourth-order valence-corrected chi connectivity index (χ4v) is 1.26. The van der Waals surface area contributed by atoms with E-state index in [0.717, 1.165) is 12.8 Å². The van der Waals surface area contributed by atoms with Gasteiger partial charge in [-0.15, -0.1) is 0 Å². The van der Waals surface area contributed by atoms with Crippen LogP contribution in [0.25, 0.3) is 0 Å². The number of rotatable bonds is 6. The number of ether oxygens (including phenoxy) is 1. The van der Waals surface area contributed by atoms with Gasteiger partial charge in [-0.25, -0.2) is 8.78 Å². The Morgan fingerprint density at radius 3 is 2.62 bits per heavy atom. The molecular weight excluding hydrogens is 176 g/mol. The van der Waals surface area contributed by atoms with Gasteiger partial charge in [0.1, 0.15) is 6.61 Å². The fraction of sp³-hybridized carbons (Fsp3) is 1.00. The third kappa shape index (κ3) is 4.00. The van der Waals surface area contributed by atoms with Crippen molar-refractivity contribution in [1.82, 2.24) is 5.32 Å². The Morgan fingerprint density at radius 2 is 2.15 bits per heavy atom. The summed E-state index contributed by atoms with van der Waals surface area (Å²) in [7, 11) is 1.51. The van der Waals surface area contributed by atoms with E-state index >= 15 is 0 Å². The van der Waals surface area contributed by atoms with E-state index in [-0.39, 0.29) is 12.6 Å². The van der Waals surface area contributed by atoms with Crippen LogP contribution in [-0.4, -0.2) is 32.2 Å². The normalized spacial score (nSPS) is 20.3. The van der Waals surface area contributed by atoms with Gasteiger partial charge in [-0.05, 0) is 32.7 Å². The van der Waals surface area contributed by atoms with Gasteiger partial charge in [0.15, 0.2) is 0 Å². The van der Waals surface area contributed by atoms with Crippen LogP contribution < -0.4 is 5.32 Å². The predicted octanol–water partition coefficient (Wildman–Crippen LogP) is 1.66. The topological polar surface area (TPSA) is 21.3 Å². The highest BCUT2D eigenvalue weighted by Crippen LogP contribution is 2.34. The predicted molar refractivity (Wildman–Crippen MR) is 47.0 cm³/mol. The molecule has 0 saturated heterocycles. The molecule has 1 atom stereocenters. The summed E-state index contributed by atoms with van der Waals surface area (Å²) in [5.74, 6) is -2.22. The summed E-state index contributed by atoms with van der Waals surface area (Å²) in [6.07, 6.45) is 2.24. The van der Waals surface area contributed by atoms with Crippen LogP contribution >= 0.6 is 0 Å². The average Bonchev–Trinajstić information content (AvgIpc) is 2.82. The van der Waals surface area contributed by atoms with Gasteiger partial charge in [0.2, 0.25) is 0 Å². The molecule has 1 aliphatic carbocycles. The molecule has 2 nitrogen and oxygen atoms in total. The molecule has 0 aliphatic heterocycles. The van der Waals surface area contributed by atoms with Crippen LogP contribution in [0.2, 0.25) is 0 Å². The Morgan fingerprint density at radius 1 is 1.54 bits per heavy atom. The fourth-order valence-electron chi connectivity index (χ4n) is 1.26. The summed E-state index contributed by atoms with van der Waals surface area (Å²) in [5.41, 5.74) is 0. The first-order valence-corrected chi connectivity index (χ1v) is 4.69. The third-order valence-corrected chi connectivity index (χ3v) is 2.28. The van der Waals surface area contributed by atoms with E-state index in [2.05, 4.69) is 5.32 Å². The Kier molecular flexibility index (Phi) is 3.62. The minimum absolute atomic E-state index is 0.0114. The zero-order valence-corrected chi connectivity index (χ0v) is 8.15. The number of hydrogen-bond donors (Lipinski definition) is 1. The third-order valence-electron chi connectivity index (χ3n) is 2.28. The van der Waals surface area contributed by atoms with Gasteiger partial charge < -0.3 is 10.1 Å². The van der Waals surface area contributed by atoms with E-state index < -0.39 is 12.5 Å². The molecule has 1 unspecified atom stereocenters. The van der Waals surface area contributed by atoms with E-state index in [9.17, 15) is 8.78 Å². The van der Waals surface area contributed by atoms with Crippen molar-refractivity contribution in [3.05, 3.63) is 0 Å². The molecule has 1 fully saturated rings. The molecule has 0 amide bonds. The summed E-state index contributed by atoms with van der Waals surface area (Å²) < 4.78 is 30.9. The van der Waals surface area contributed by atoms with Crippen molar-refractivity contribution in [3.63, 3.8) is 0 Å². The van der Waals surface area contributed by atoms with Crippen molar-refractivity contribution in [3.8, 4) is 0 Å². The quantitative estimate of drug-likeness (QED) is 0.692. The number of alkyl halides is 2. The van der Waals surface area contributed by atoms with Gasteiger partial charge in [-0.1, -0.05) is 0 Å². The molecule has 1 saturated carbocycles. The molecule has 78 valence electrons. The van der Waals surface area contributed by atoms with Crippen molar-refractivity contribution in [2.24, 2.45) is 5.92 Å². The summed E-state index contributed by atoms with van der Waals surface area (Å²) in [4.78, 5) is 0. The minimum Gasteiger partial charge on any atom is -0.372 e. The Balaban J connectivity index is 2.15. The summed E-state index contributed by atoms with van der Waals surface area (Å²) in [5, 5.41) is 2.45. The second kappa shape index (κ2) is 4.33. The van der Waals surface area contributed by atoms with Crippen molar-refractivity contribution in [2.75, 3.05) is 20.2 Å². The maximum absolute atomic E-state index is 12.9. The zero-order chi connectivity index (χ0) is 9.90. The van der Waals surface area contributed by atoms with Crippen LogP contribution in [0.4, 0.5) is 8.78 Å². The maximum Gasteiger partial charge on any atom is 0.283 e. The first-order chi connectivity index (χ1) is 6.05. The zero-order valence-electron chi connectivity index (χ0n) is 8.15. The second-order valence-electron chi connectivity index (χ2n) is 3.74.